The SMILES string of the molecule is COc1ccc(-c2noc(-c3c[nH]c4ccccc4c3=O)n2)cc1OC. The van der Waals surface area contributed by atoms with Gasteiger partial charge in [-0.25, -0.2) is 0 Å². The molecule has 0 aliphatic carbocycles. The second kappa shape index (κ2) is 6.36. The van der Waals surface area contributed by atoms with Gasteiger partial charge in [-0.3, -0.25) is 4.79 Å². The molecule has 0 aliphatic rings. The van der Waals surface area contributed by atoms with E-state index in [0.717, 1.165) is 5.52 Å². The Hall–Kier alpha value is -3.61. The number of pyridine rings is 1. The fraction of sp³-hybridized carbons (Fsp3) is 0.105. The maximum absolute atomic E-state index is 12.7. The lowest BCUT2D eigenvalue weighted by Crippen LogP contribution is -2.06. The van der Waals surface area contributed by atoms with Gasteiger partial charge in [-0.15, -0.1) is 0 Å². The van der Waals surface area contributed by atoms with Gasteiger partial charge in [0.25, 0.3) is 5.89 Å². The number of hydrogen-bond donors (Lipinski definition) is 1. The maximum atomic E-state index is 12.7. The van der Waals surface area contributed by atoms with Crippen LogP contribution in [-0.2, 0) is 0 Å². The zero-order valence-electron chi connectivity index (χ0n) is 14.1. The lowest BCUT2D eigenvalue weighted by atomic mass is 10.1. The average Bonchev–Trinajstić information content (AvgIpc) is 3.18. The van der Waals surface area contributed by atoms with Crippen LogP contribution in [0.2, 0.25) is 0 Å². The summed E-state index contributed by atoms with van der Waals surface area (Å²) in [4.78, 5) is 20.1. The molecule has 0 bridgehead atoms. The number of benzene rings is 2. The molecule has 0 atom stereocenters. The lowest BCUT2D eigenvalue weighted by Gasteiger charge is -2.07. The minimum atomic E-state index is -0.165. The monoisotopic (exact) mass is 349 g/mol. The molecule has 0 saturated heterocycles. The number of aromatic amines is 1. The minimum absolute atomic E-state index is 0.154. The molecule has 26 heavy (non-hydrogen) atoms. The van der Waals surface area contributed by atoms with Crippen molar-refractivity contribution in [1.29, 1.82) is 0 Å². The summed E-state index contributed by atoms with van der Waals surface area (Å²) in [6.07, 6.45) is 1.58. The van der Waals surface area contributed by atoms with Gasteiger partial charge in [0.15, 0.2) is 11.5 Å². The van der Waals surface area contributed by atoms with Crippen LogP contribution in [0.25, 0.3) is 33.7 Å². The van der Waals surface area contributed by atoms with Gasteiger partial charge in [-0.05, 0) is 30.3 Å². The highest BCUT2D eigenvalue weighted by molar-refractivity contribution is 5.82. The number of rotatable bonds is 4. The van der Waals surface area contributed by atoms with Crippen LogP contribution < -0.4 is 14.9 Å². The fourth-order valence-corrected chi connectivity index (χ4v) is 2.75. The summed E-state index contributed by atoms with van der Waals surface area (Å²) in [6.45, 7) is 0. The third-order valence-corrected chi connectivity index (χ3v) is 4.09. The maximum Gasteiger partial charge on any atom is 0.263 e. The first-order chi connectivity index (χ1) is 12.7. The molecule has 0 spiro atoms. The van der Waals surface area contributed by atoms with Gasteiger partial charge >= 0.3 is 0 Å². The standard InChI is InChI=1S/C19H15N3O4/c1-24-15-8-7-11(9-16(15)25-2)18-21-19(26-22-18)13-10-20-14-6-4-3-5-12(14)17(13)23/h3-10H,1-2H3,(H,20,23). The molecule has 0 unspecified atom stereocenters. The predicted molar refractivity (Wildman–Crippen MR) is 96.4 cm³/mol. The Morgan fingerprint density at radius 3 is 2.65 bits per heavy atom. The van der Waals surface area contributed by atoms with E-state index in [2.05, 4.69) is 15.1 Å². The highest BCUT2D eigenvalue weighted by atomic mass is 16.5. The van der Waals surface area contributed by atoms with Crippen LogP contribution in [0.3, 0.4) is 0 Å². The van der Waals surface area contributed by atoms with Crippen molar-refractivity contribution in [2.75, 3.05) is 14.2 Å². The lowest BCUT2D eigenvalue weighted by molar-refractivity contribution is 0.355. The van der Waals surface area contributed by atoms with E-state index in [1.165, 1.54) is 0 Å². The molecule has 2 heterocycles. The van der Waals surface area contributed by atoms with Crippen LogP contribution >= 0.6 is 0 Å². The Morgan fingerprint density at radius 1 is 1.04 bits per heavy atom. The zero-order valence-corrected chi connectivity index (χ0v) is 14.1. The van der Waals surface area contributed by atoms with Crippen molar-refractivity contribution < 1.29 is 14.0 Å². The Balaban J connectivity index is 1.77. The molecule has 130 valence electrons. The van der Waals surface area contributed by atoms with E-state index in [-0.39, 0.29) is 11.3 Å². The van der Waals surface area contributed by atoms with E-state index < -0.39 is 0 Å². The second-order valence-electron chi connectivity index (χ2n) is 5.57. The van der Waals surface area contributed by atoms with Crippen LogP contribution in [0.1, 0.15) is 0 Å². The molecule has 7 nitrogen and oxygen atoms in total. The first kappa shape index (κ1) is 15.9. The predicted octanol–water partition coefficient (Wildman–Crippen LogP) is 3.26. The van der Waals surface area contributed by atoms with Crippen LogP contribution in [0.4, 0.5) is 0 Å². The van der Waals surface area contributed by atoms with Crippen molar-refractivity contribution in [3.05, 3.63) is 58.9 Å². The number of nitrogens with one attached hydrogen (secondary N) is 1. The fourth-order valence-electron chi connectivity index (χ4n) is 2.75. The Bertz CT molecular complexity index is 1150. The molecule has 0 radical (unpaired) electrons. The minimum Gasteiger partial charge on any atom is -0.493 e. The molecule has 4 rings (SSSR count). The normalized spacial score (nSPS) is 10.8. The molecule has 2 aromatic heterocycles. The second-order valence-corrected chi connectivity index (χ2v) is 5.57. The van der Waals surface area contributed by atoms with E-state index in [1.807, 2.05) is 18.2 Å². The number of ether oxygens (including phenoxy) is 2. The van der Waals surface area contributed by atoms with Gasteiger partial charge in [-0.1, -0.05) is 17.3 Å². The zero-order chi connectivity index (χ0) is 18.1. The number of nitrogens with zero attached hydrogens (tertiary/aromatic N) is 2. The van der Waals surface area contributed by atoms with Crippen molar-refractivity contribution >= 4 is 10.9 Å². The van der Waals surface area contributed by atoms with Crippen LogP contribution in [0.5, 0.6) is 11.5 Å². The highest BCUT2D eigenvalue weighted by Gasteiger charge is 2.16. The van der Waals surface area contributed by atoms with E-state index in [1.54, 1.807) is 44.7 Å². The summed E-state index contributed by atoms with van der Waals surface area (Å²) in [7, 11) is 3.12. The Morgan fingerprint density at radius 2 is 1.85 bits per heavy atom. The summed E-state index contributed by atoms with van der Waals surface area (Å²) in [5, 5.41) is 4.55. The van der Waals surface area contributed by atoms with Crippen molar-refractivity contribution in [1.82, 2.24) is 15.1 Å². The summed E-state index contributed by atoms with van der Waals surface area (Å²) in [6, 6.07) is 12.6. The molecule has 4 aromatic rings. The number of H-pyrrole nitrogens is 1. The Kier molecular flexibility index (Phi) is 3.89. The molecule has 2 aromatic carbocycles. The summed E-state index contributed by atoms with van der Waals surface area (Å²) in [5.74, 6) is 1.67. The van der Waals surface area contributed by atoms with Crippen LogP contribution in [0, 0.1) is 0 Å². The van der Waals surface area contributed by atoms with Gasteiger partial charge in [0, 0.05) is 22.7 Å². The van der Waals surface area contributed by atoms with E-state index in [0.29, 0.717) is 33.8 Å². The highest BCUT2D eigenvalue weighted by Crippen LogP contribution is 2.31. The van der Waals surface area contributed by atoms with Gasteiger partial charge in [0.05, 0.1) is 14.2 Å². The third-order valence-electron chi connectivity index (χ3n) is 4.09. The molecule has 7 heteroatoms. The number of fused-ring (bicyclic) bond motifs is 1. The van der Waals surface area contributed by atoms with Gasteiger partial charge < -0.3 is 19.0 Å². The average molecular weight is 349 g/mol. The summed E-state index contributed by atoms with van der Waals surface area (Å²) >= 11 is 0. The van der Waals surface area contributed by atoms with Crippen LogP contribution in [-0.4, -0.2) is 29.3 Å². The van der Waals surface area contributed by atoms with Gasteiger partial charge in [-0.2, -0.15) is 4.98 Å². The molecule has 0 saturated carbocycles. The molecular weight excluding hydrogens is 334 g/mol. The van der Waals surface area contributed by atoms with Crippen molar-refractivity contribution in [3.8, 4) is 34.3 Å². The van der Waals surface area contributed by atoms with Crippen molar-refractivity contribution in [2.24, 2.45) is 0 Å². The largest absolute Gasteiger partial charge is 0.493 e. The molecule has 0 amide bonds. The van der Waals surface area contributed by atoms with E-state index in [9.17, 15) is 4.79 Å². The quantitative estimate of drug-likeness (QED) is 0.608. The van der Waals surface area contributed by atoms with Gasteiger partial charge in [0.2, 0.25) is 11.3 Å². The number of para-hydroxylation sites is 1. The molecule has 1 N–H and O–H groups in total. The molecule has 0 fully saturated rings. The van der Waals surface area contributed by atoms with E-state index >= 15 is 0 Å². The Labute approximate surface area is 148 Å². The summed E-state index contributed by atoms with van der Waals surface area (Å²) in [5.41, 5.74) is 1.60. The third kappa shape index (κ3) is 2.59. The van der Waals surface area contributed by atoms with Gasteiger partial charge in [0.1, 0.15) is 5.56 Å². The summed E-state index contributed by atoms with van der Waals surface area (Å²) < 4.78 is 15.8. The van der Waals surface area contributed by atoms with Crippen LogP contribution in [0.15, 0.2) is 58.0 Å². The van der Waals surface area contributed by atoms with E-state index in [4.69, 9.17) is 14.0 Å². The number of aromatic nitrogens is 3. The first-order valence-electron chi connectivity index (χ1n) is 7.88. The first-order valence-corrected chi connectivity index (χ1v) is 7.88. The number of hydrogen-bond acceptors (Lipinski definition) is 6. The van der Waals surface area contributed by atoms with Crippen molar-refractivity contribution in [2.45, 2.75) is 0 Å². The number of methoxy groups -OCH3 is 2. The molecule has 0 aliphatic heterocycles. The smallest absolute Gasteiger partial charge is 0.263 e. The topological polar surface area (TPSA) is 90.2 Å². The van der Waals surface area contributed by atoms with Crippen molar-refractivity contribution in [3.63, 3.8) is 0 Å². The molecular formula is C19H15N3O4.